The number of pyridine rings is 2. The molecular formula is C50H31N5. The van der Waals surface area contributed by atoms with E-state index in [1.165, 1.54) is 43.6 Å². The number of benzene rings is 7. The Bertz CT molecular complexity index is 3270. The number of hydrogen-bond donors (Lipinski definition) is 0. The van der Waals surface area contributed by atoms with Crippen molar-refractivity contribution in [3.8, 4) is 33.8 Å². The lowest BCUT2D eigenvalue weighted by atomic mass is 9.99. The average molecular weight is 702 g/mol. The van der Waals surface area contributed by atoms with Gasteiger partial charge in [0.15, 0.2) is 0 Å². The Labute approximate surface area is 315 Å². The zero-order chi connectivity index (χ0) is 36.0. The Morgan fingerprint density at radius 3 is 1.47 bits per heavy atom. The van der Waals surface area contributed by atoms with E-state index in [0.717, 1.165) is 61.3 Å². The van der Waals surface area contributed by atoms with Crippen molar-refractivity contribution in [2.75, 3.05) is 0 Å². The van der Waals surface area contributed by atoms with E-state index in [9.17, 15) is 0 Å². The maximum atomic E-state index is 5.31. The van der Waals surface area contributed by atoms with E-state index in [4.69, 9.17) is 9.97 Å². The third-order valence-electron chi connectivity index (χ3n) is 11.2. The van der Waals surface area contributed by atoms with Crippen molar-refractivity contribution in [2.45, 2.75) is 0 Å². The third kappa shape index (κ3) is 4.41. The molecule has 55 heavy (non-hydrogen) atoms. The second-order valence-electron chi connectivity index (χ2n) is 14.3. The minimum absolute atomic E-state index is 0.905. The summed E-state index contributed by atoms with van der Waals surface area (Å²) in [6.45, 7) is 0. The van der Waals surface area contributed by atoms with E-state index in [1.807, 2.05) is 12.1 Å². The smallest absolute Gasteiger partial charge is 0.137 e. The quantitative estimate of drug-likeness (QED) is 0.183. The Morgan fingerprint density at radius 2 is 0.873 bits per heavy atom. The molecule has 0 aliphatic rings. The van der Waals surface area contributed by atoms with Crippen LogP contribution in [0.1, 0.15) is 0 Å². The van der Waals surface area contributed by atoms with Crippen LogP contribution in [0.25, 0.3) is 105 Å². The Morgan fingerprint density at radius 1 is 0.364 bits per heavy atom. The molecule has 7 aromatic carbocycles. The molecule has 12 aromatic rings. The molecule has 5 heterocycles. The van der Waals surface area contributed by atoms with Crippen LogP contribution in [-0.4, -0.2) is 23.5 Å². The van der Waals surface area contributed by atoms with Crippen LogP contribution in [0, 0.1) is 0 Å². The largest absolute Gasteiger partial charge is 0.309 e. The van der Waals surface area contributed by atoms with Gasteiger partial charge < -0.3 is 9.13 Å². The Balaban J connectivity index is 1.15. The molecule has 0 fully saturated rings. The lowest BCUT2D eigenvalue weighted by Gasteiger charge is -2.16. The minimum atomic E-state index is 0.905. The molecular weight excluding hydrogens is 671 g/mol. The van der Waals surface area contributed by atoms with Gasteiger partial charge in [-0.2, -0.15) is 0 Å². The van der Waals surface area contributed by atoms with Crippen molar-refractivity contribution in [3.63, 3.8) is 0 Å². The molecule has 256 valence electrons. The van der Waals surface area contributed by atoms with Crippen LogP contribution in [0.15, 0.2) is 188 Å². The predicted molar refractivity (Wildman–Crippen MR) is 228 cm³/mol. The van der Waals surface area contributed by atoms with Gasteiger partial charge >= 0.3 is 0 Å². The first-order valence-electron chi connectivity index (χ1n) is 18.7. The summed E-state index contributed by atoms with van der Waals surface area (Å²) in [5.74, 6) is 0. The summed E-state index contributed by atoms with van der Waals surface area (Å²) in [7, 11) is 0. The van der Waals surface area contributed by atoms with E-state index in [2.05, 4.69) is 190 Å². The van der Waals surface area contributed by atoms with Crippen LogP contribution in [0.4, 0.5) is 0 Å². The number of rotatable bonds is 4. The van der Waals surface area contributed by atoms with Crippen molar-refractivity contribution in [1.29, 1.82) is 0 Å². The highest BCUT2D eigenvalue weighted by atomic mass is 15.0. The summed E-state index contributed by atoms with van der Waals surface area (Å²) in [4.78, 5) is 10.4. The maximum Gasteiger partial charge on any atom is 0.137 e. The van der Waals surface area contributed by atoms with E-state index in [1.54, 1.807) is 0 Å². The molecule has 5 nitrogen and oxygen atoms in total. The number of aromatic nitrogens is 5. The van der Waals surface area contributed by atoms with E-state index in [0.29, 0.717) is 0 Å². The number of para-hydroxylation sites is 5. The predicted octanol–water partition coefficient (Wildman–Crippen LogP) is 12.6. The van der Waals surface area contributed by atoms with Gasteiger partial charge in [0.05, 0.1) is 38.8 Å². The summed E-state index contributed by atoms with van der Waals surface area (Å²) in [6, 6.07) is 65.2. The van der Waals surface area contributed by atoms with E-state index >= 15 is 0 Å². The average Bonchev–Trinajstić information content (AvgIpc) is 3.92. The molecule has 0 aliphatic heterocycles. The van der Waals surface area contributed by atoms with Crippen molar-refractivity contribution in [3.05, 3.63) is 188 Å². The maximum absolute atomic E-state index is 5.31. The summed E-state index contributed by atoms with van der Waals surface area (Å²) in [6.07, 6.45) is 2.08. The molecule has 0 atom stereocenters. The highest BCUT2D eigenvalue weighted by molar-refractivity contribution is 6.11. The lowest BCUT2D eigenvalue weighted by molar-refractivity contribution is 1.13. The zero-order valence-electron chi connectivity index (χ0n) is 29.6. The molecule has 5 heteroatoms. The van der Waals surface area contributed by atoms with Crippen LogP contribution in [0.2, 0.25) is 0 Å². The number of hydrogen-bond acceptors (Lipinski definition) is 2. The van der Waals surface area contributed by atoms with Crippen LogP contribution in [-0.2, 0) is 0 Å². The van der Waals surface area contributed by atoms with Crippen molar-refractivity contribution >= 4 is 71.2 Å². The normalized spacial score (nSPS) is 12.0. The van der Waals surface area contributed by atoms with Crippen LogP contribution in [0.5, 0.6) is 0 Å². The van der Waals surface area contributed by atoms with Crippen LogP contribution in [0.3, 0.4) is 0 Å². The zero-order valence-corrected chi connectivity index (χ0v) is 29.6. The molecule has 0 N–H and O–H groups in total. The first-order valence-corrected chi connectivity index (χ1v) is 18.7. The number of imidazole rings is 1. The number of fused-ring (bicyclic) bond motifs is 11. The SMILES string of the molecule is c1cc(-c2cc(-n3c4ccccc4c4ccccc43)cc(-n3c4ccccc4c4ccccc43)c2)cc(-c2nc3ccccc3c3nc4ccccn4c23)c1. The van der Waals surface area contributed by atoms with Gasteiger partial charge in [0.2, 0.25) is 0 Å². The Hall–Kier alpha value is -7.50. The molecule has 0 unspecified atom stereocenters. The molecule has 0 spiro atoms. The van der Waals surface area contributed by atoms with Gasteiger partial charge in [0, 0.05) is 50.1 Å². The van der Waals surface area contributed by atoms with Crippen LogP contribution >= 0.6 is 0 Å². The lowest BCUT2D eigenvalue weighted by Crippen LogP contribution is -2.00. The second-order valence-corrected chi connectivity index (χ2v) is 14.3. The summed E-state index contributed by atoms with van der Waals surface area (Å²) in [5.41, 5.74) is 14.9. The van der Waals surface area contributed by atoms with Gasteiger partial charge in [-0.15, -0.1) is 0 Å². The van der Waals surface area contributed by atoms with Gasteiger partial charge in [-0.25, -0.2) is 9.97 Å². The van der Waals surface area contributed by atoms with Crippen molar-refractivity contribution in [1.82, 2.24) is 23.5 Å². The highest BCUT2D eigenvalue weighted by Gasteiger charge is 2.19. The monoisotopic (exact) mass is 701 g/mol. The van der Waals surface area contributed by atoms with Crippen LogP contribution < -0.4 is 0 Å². The molecule has 0 radical (unpaired) electrons. The Kier molecular flexibility index (Phi) is 6.27. The summed E-state index contributed by atoms with van der Waals surface area (Å²) < 4.78 is 7.00. The molecule has 12 rings (SSSR count). The summed E-state index contributed by atoms with van der Waals surface area (Å²) in [5, 5.41) is 6.01. The number of nitrogens with zero attached hydrogens (tertiary/aromatic N) is 5. The summed E-state index contributed by atoms with van der Waals surface area (Å²) >= 11 is 0. The minimum Gasteiger partial charge on any atom is -0.309 e. The van der Waals surface area contributed by atoms with Gasteiger partial charge in [0.1, 0.15) is 11.2 Å². The fourth-order valence-electron chi connectivity index (χ4n) is 8.82. The van der Waals surface area contributed by atoms with Crippen molar-refractivity contribution < 1.29 is 0 Å². The van der Waals surface area contributed by atoms with Gasteiger partial charge in [-0.05, 0) is 77.9 Å². The van der Waals surface area contributed by atoms with Crippen molar-refractivity contribution in [2.24, 2.45) is 0 Å². The van der Waals surface area contributed by atoms with Gasteiger partial charge in [-0.3, -0.25) is 4.40 Å². The van der Waals surface area contributed by atoms with Gasteiger partial charge in [-0.1, -0.05) is 115 Å². The molecule has 5 aromatic heterocycles. The fourth-order valence-corrected chi connectivity index (χ4v) is 8.82. The molecule has 0 amide bonds. The standard InChI is InChI=1S/C50H31N5/c1-6-21-42-41(20-1)49-50(53-27-12-11-26-47(53)52-49)48(51-42)33-15-13-14-32(28-33)34-29-35(54-43-22-7-2-16-37(43)38-17-3-8-23-44(38)54)31-36(30-34)55-45-24-9-4-18-39(45)40-19-5-10-25-46(40)55/h1-31H. The molecule has 0 aliphatic carbocycles. The third-order valence-corrected chi connectivity index (χ3v) is 11.2. The fraction of sp³-hybridized carbons (Fsp3) is 0. The first kappa shape index (κ1) is 30.0. The molecule has 0 bridgehead atoms. The highest BCUT2D eigenvalue weighted by Crippen LogP contribution is 2.39. The first-order chi connectivity index (χ1) is 27.3. The van der Waals surface area contributed by atoms with E-state index in [-0.39, 0.29) is 0 Å². The second kappa shape index (κ2) is 11.5. The topological polar surface area (TPSA) is 40.0 Å². The van der Waals surface area contributed by atoms with E-state index < -0.39 is 0 Å². The van der Waals surface area contributed by atoms with Gasteiger partial charge in [0.25, 0.3) is 0 Å². The molecule has 0 saturated carbocycles. The molecule has 0 saturated heterocycles.